The second kappa shape index (κ2) is 7.47. The molecule has 6 nitrogen and oxygen atoms in total. The van der Waals surface area contributed by atoms with Gasteiger partial charge in [-0.2, -0.15) is 0 Å². The van der Waals surface area contributed by atoms with Gasteiger partial charge in [-0.25, -0.2) is 4.79 Å². The molecule has 1 heterocycles. The van der Waals surface area contributed by atoms with E-state index >= 15 is 0 Å². The molecule has 136 valence electrons. The van der Waals surface area contributed by atoms with Crippen molar-refractivity contribution in [1.29, 1.82) is 0 Å². The lowest BCUT2D eigenvalue weighted by Crippen LogP contribution is -2.34. The molecule has 0 fully saturated rings. The average molecular weight is 353 g/mol. The van der Waals surface area contributed by atoms with Crippen LogP contribution in [0.3, 0.4) is 0 Å². The first-order valence-corrected chi connectivity index (χ1v) is 8.60. The molecule has 0 unspecified atom stereocenters. The SMILES string of the molecule is CCn1c(=O)n(CC(=O)N(C)Cc2cccc(OC)c2)c2ccccc21. The van der Waals surface area contributed by atoms with Gasteiger partial charge in [0.1, 0.15) is 12.3 Å². The summed E-state index contributed by atoms with van der Waals surface area (Å²) < 4.78 is 8.45. The number of methoxy groups -OCH3 is 1. The van der Waals surface area contributed by atoms with Crippen molar-refractivity contribution < 1.29 is 9.53 Å². The molecule has 26 heavy (non-hydrogen) atoms. The molecule has 0 radical (unpaired) electrons. The third kappa shape index (κ3) is 3.35. The van der Waals surface area contributed by atoms with Crippen LogP contribution in [0.5, 0.6) is 5.75 Å². The number of fused-ring (bicyclic) bond motifs is 1. The smallest absolute Gasteiger partial charge is 0.329 e. The summed E-state index contributed by atoms with van der Waals surface area (Å²) >= 11 is 0. The molecule has 1 aromatic heterocycles. The summed E-state index contributed by atoms with van der Waals surface area (Å²) in [5, 5.41) is 0. The van der Waals surface area contributed by atoms with Crippen molar-refractivity contribution in [2.75, 3.05) is 14.2 Å². The fourth-order valence-corrected chi connectivity index (χ4v) is 3.12. The first kappa shape index (κ1) is 17.8. The molecule has 2 aromatic carbocycles. The van der Waals surface area contributed by atoms with Gasteiger partial charge in [-0.05, 0) is 36.8 Å². The van der Waals surface area contributed by atoms with E-state index in [2.05, 4.69) is 0 Å². The number of imidazole rings is 1. The molecule has 0 atom stereocenters. The van der Waals surface area contributed by atoms with E-state index in [4.69, 9.17) is 4.74 Å². The van der Waals surface area contributed by atoms with Crippen LogP contribution in [0.2, 0.25) is 0 Å². The fraction of sp³-hybridized carbons (Fsp3) is 0.300. The number of para-hydroxylation sites is 2. The van der Waals surface area contributed by atoms with Crippen LogP contribution in [0.1, 0.15) is 12.5 Å². The fourth-order valence-electron chi connectivity index (χ4n) is 3.12. The van der Waals surface area contributed by atoms with Gasteiger partial charge in [-0.1, -0.05) is 24.3 Å². The van der Waals surface area contributed by atoms with Crippen molar-refractivity contribution >= 4 is 16.9 Å². The summed E-state index contributed by atoms with van der Waals surface area (Å²) in [4.78, 5) is 27.0. The van der Waals surface area contributed by atoms with Gasteiger partial charge < -0.3 is 9.64 Å². The average Bonchev–Trinajstić information content (AvgIpc) is 2.93. The number of rotatable bonds is 6. The van der Waals surface area contributed by atoms with Gasteiger partial charge in [0.2, 0.25) is 5.91 Å². The number of likely N-dealkylation sites (N-methyl/N-ethyl adjacent to an activating group) is 1. The highest BCUT2D eigenvalue weighted by Gasteiger charge is 2.17. The number of carbonyl (C=O) groups is 1. The van der Waals surface area contributed by atoms with Gasteiger partial charge in [0.05, 0.1) is 18.1 Å². The molecule has 0 N–H and O–H groups in total. The monoisotopic (exact) mass is 353 g/mol. The van der Waals surface area contributed by atoms with Gasteiger partial charge in [0.15, 0.2) is 0 Å². The molecule has 1 amide bonds. The number of aromatic nitrogens is 2. The topological polar surface area (TPSA) is 56.5 Å². The van der Waals surface area contributed by atoms with E-state index in [0.29, 0.717) is 13.1 Å². The Balaban J connectivity index is 1.82. The predicted octanol–water partition coefficient (Wildman–Crippen LogP) is 2.49. The summed E-state index contributed by atoms with van der Waals surface area (Å²) in [5.41, 5.74) is 2.45. The Morgan fingerprint density at radius 2 is 1.77 bits per heavy atom. The summed E-state index contributed by atoms with van der Waals surface area (Å²) in [6.45, 7) is 2.97. The van der Waals surface area contributed by atoms with Crippen LogP contribution in [0.25, 0.3) is 11.0 Å². The number of carbonyl (C=O) groups excluding carboxylic acids is 1. The van der Waals surface area contributed by atoms with Crippen molar-refractivity contribution in [2.24, 2.45) is 0 Å². The Morgan fingerprint density at radius 3 is 2.42 bits per heavy atom. The largest absolute Gasteiger partial charge is 0.497 e. The van der Waals surface area contributed by atoms with Crippen molar-refractivity contribution in [3.63, 3.8) is 0 Å². The Labute approximate surface area is 152 Å². The van der Waals surface area contributed by atoms with Crippen molar-refractivity contribution in [2.45, 2.75) is 26.6 Å². The zero-order chi connectivity index (χ0) is 18.7. The first-order valence-electron chi connectivity index (χ1n) is 8.60. The molecule has 0 spiro atoms. The Hall–Kier alpha value is -3.02. The van der Waals surface area contributed by atoms with E-state index in [-0.39, 0.29) is 18.1 Å². The molecule has 0 saturated carbocycles. The minimum Gasteiger partial charge on any atom is -0.497 e. The Kier molecular flexibility index (Phi) is 5.11. The number of ether oxygens (including phenoxy) is 1. The number of nitrogens with zero attached hydrogens (tertiary/aromatic N) is 3. The maximum absolute atomic E-state index is 12.7. The molecule has 6 heteroatoms. The first-order chi connectivity index (χ1) is 12.5. The summed E-state index contributed by atoms with van der Waals surface area (Å²) in [7, 11) is 3.36. The lowest BCUT2D eigenvalue weighted by atomic mass is 10.2. The molecule has 3 rings (SSSR count). The quantitative estimate of drug-likeness (QED) is 0.684. The van der Waals surface area contributed by atoms with E-state index in [1.807, 2.05) is 55.5 Å². The van der Waals surface area contributed by atoms with E-state index in [0.717, 1.165) is 22.3 Å². The van der Waals surface area contributed by atoms with Crippen LogP contribution in [0.15, 0.2) is 53.3 Å². The molecule has 0 saturated heterocycles. The van der Waals surface area contributed by atoms with Crippen molar-refractivity contribution in [3.05, 3.63) is 64.6 Å². The van der Waals surface area contributed by atoms with Crippen LogP contribution in [-0.4, -0.2) is 34.1 Å². The molecule has 0 bridgehead atoms. The van der Waals surface area contributed by atoms with Gasteiger partial charge in [0, 0.05) is 20.1 Å². The minimum atomic E-state index is -0.156. The van der Waals surface area contributed by atoms with Crippen LogP contribution < -0.4 is 10.4 Å². The third-order valence-electron chi connectivity index (χ3n) is 4.51. The van der Waals surface area contributed by atoms with Crippen molar-refractivity contribution in [1.82, 2.24) is 14.0 Å². The zero-order valence-corrected chi connectivity index (χ0v) is 15.3. The number of amides is 1. The second-order valence-electron chi connectivity index (χ2n) is 6.20. The van der Waals surface area contributed by atoms with Crippen LogP contribution in [0, 0.1) is 0 Å². The molecule has 0 aliphatic carbocycles. The highest BCUT2D eigenvalue weighted by molar-refractivity contribution is 5.80. The van der Waals surface area contributed by atoms with Gasteiger partial charge >= 0.3 is 5.69 Å². The van der Waals surface area contributed by atoms with Crippen LogP contribution >= 0.6 is 0 Å². The third-order valence-corrected chi connectivity index (χ3v) is 4.51. The van der Waals surface area contributed by atoms with Crippen molar-refractivity contribution in [3.8, 4) is 5.75 Å². The number of benzene rings is 2. The number of aryl methyl sites for hydroxylation is 1. The summed E-state index contributed by atoms with van der Waals surface area (Å²) in [5.74, 6) is 0.638. The molecule has 0 aliphatic rings. The normalized spacial score (nSPS) is 10.9. The van der Waals surface area contributed by atoms with E-state index in [1.165, 1.54) is 0 Å². The van der Waals surface area contributed by atoms with E-state index in [9.17, 15) is 9.59 Å². The second-order valence-corrected chi connectivity index (χ2v) is 6.20. The highest BCUT2D eigenvalue weighted by Crippen LogP contribution is 2.15. The lowest BCUT2D eigenvalue weighted by Gasteiger charge is -2.18. The van der Waals surface area contributed by atoms with Gasteiger partial charge in [-0.15, -0.1) is 0 Å². The van der Waals surface area contributed by atoms with E-state index in [1.54, 1.807) is 28.2 Å². The maximum atomic E-state index is 12.7. The lowest BCUT2D eigenvalue weighted by molar-refractivity contribution is -0.131. The molecular weight excluding hydrogens is 330 g/mol. The summed E-state index contributed by atoms with van der Waals surface area (Å²) in [6, 6.07) is 15.2. The highest BCUT2D eigenvalue weighted by atomic mass is 16.5. The Bertz CT molecular complexity index is 987. The molecule has 3 aromatic rings. The molecule has 0 aliphatic heterocycles. The number of hydrogen-bond donors (Lipinski definition) is 0. The standard InChI is InChI=1S/C20H23N3O3/c1-4-22-17-10-5-6-11-18(17)23(20(22)25)14-19(24)21(2)13-15-8-7-9-16(12-15)26-3/h5-12H,4,13-14H2,1-3H3. The predicted molar refractivity (Wildman–Crippen MR) is 101 cm³/mol. The van der Waals surface area contributed by atoms with Crippen LogP contribution in [-0.2, 0) is 24.4 Å². The minimum absolute atomic E-state index is 0.0206. The zero-order valence-electron chi connectivity index (χ0n) is 15.3. The van der Waals surface area contributed by atoms with Crippen LogP contribution in [0.4, 0.5) is 0 Å². The van der Waals surface area contributed by atoms with Gasteiger partial charge in [-0.3, -0.25) is 13.9 Å². The maximum Gasteiger partial charge on any atom is 0.329 e. The van der Waals surface area contributed by atoms with E-state index < -0.39 is 0 Å². The Morgan fingerprint density at radius 1 is 1.08 bits per heavy atom. The molecular formula is C20H23N3O3. The summed E-state index contributed by atoms with van der Waals surface area (Å²) in [6.07, 6.45) is 0. The number of hydrogen-bond acceptors (Lipinski definition) is 3. The van der Waals surface area contributed by atoms with Gasteiger partial charge in [0.25, 0.3) is 0 Å².